The predicted octanol–water partition coefficient (Wildman–Crippen LogP) is 2.29. The summed E-state index contributed by atoms with van der Waals surface area (Å²) in [5.41, 5.74) is 6.74. The molecule has 2 N–H and O–H groups in total. The largest absolute Gasteiger partial charge is 0.485 e. The molecule has 0 saturated carbocycles. The number of rotatable bonds is 4. The SMILES string of the molecule is Nc1ccc(-c2nc(COc3ccccc3)no2)nc1. The van der Waals surface area contributed by atoms with Crippen LogP contribution in [0.5, 0.6) is 5.75 Å². The molecular weight excluding hydrogens is 256 g/mol. The van der Waals surface area contributed by atoms with Crippen LogP contribution in [0.15, 0.2) is 53.2 Å². The molecule has 2 aromatic heterocycles. The van der Waals surface area contributed by atoms with Crippen LogP contribution in [0.1, 0.15) is 5.82 Å². The van der Waals surface area contributed by atoms with E-state index >= 15 is 0 Å². The third-order valence-electron chi connectivity index (χ3n) is 2.58. The highest BCUT2D eigenvalue weighted by atomic mass is 16.5. The maximum Gasteiger partial charge on any atom is 0.276 e. The molecule has 20 heavy (non-hydrogen) atoms. The van der Waals surface area contributed by atoms with Crippen LogP contribution in [-0.2, 0) is 6.61 Å². The zero-order valence-electron chi connectivity index (χ0n) is 10.6. The molecule has 0 spiro atoms. The van der Waals surface area contributed by atoms with Crippen LogP contribution in [0.25, 0.3) is 11.6 Å². The van der Waals surface area contributed by atoms with Crippen LogP contribution in [0.4, 0.5) is 5.69 Å². The van der Waals surface area contributed by atoms with Gasteiger partial charge in [0.2, 0.25) is 5.82 Å². The number of para-hydroxylation sites is 1. The molecule has 1 aromatic carbocycles. The summed E-state index contributed by atoms with van der Waals surface area (Å²) in [5, 5.41) is 3.85. The van der Waals surface area contributed by atoms with Gasteiger partial charge in [0.05, 0.1) is 11.9 Å². The van der Waals surface area contributed by atoms with Crippen molar-refractivity contribution < 1.29 is 9.26 Å². The van der Waals surface area contributed by atoms with E-state index in [4.69, 9.17) is 15.0 Å². The predicted molar refractivity (Wildman–Crippen MR) is 72.7 cm³/mol. The van der Waals surface area contributed by atoms with Crippen molar-refractivity contribution in [2.75, 3.05) is 5.73 Å². The van der Waals surface area contributed by atoms with E-state index in [0.717, 1.165) is 5.75 Å². The number of benzene rings is 1. The van der Waals surface area contributed by atoms with Crippen molar-refractivity contribution in [3.8, 4) is 17.3 Å². The number of aromatic nitrogens is 3. The molecule has 0 aliphatic heterocycles. The average molecular weight is 268 g/mol. The number of pyridine rings is 1. The Kier molecular flexibility index (Phi) is 3.28. The molecule has 3 rings (SSSR count). The lowest BCUT2D eigenvalue weighted by molar-refractivity contribution is 0.287. The topological polar surface area (TPSA) is 87.1 Å². The van der Waals surface area contributed by atoms with Crippen molar-refractivity contribution in [1.29, 1.82) is 0 Å². The van der Waals surface area contributed by atoms with Crippen LogP contribution in [-0.4, -0.2) is 15.1 Å². The van der Waals surface area contributed by atoms with E-state index in [1.807, 2.05) is 30.3 Å². The van der Waals surface area contributed by atoms with Crippen molar-refractivity contribution in [2.45, 2.75) is 6.61 Å². The lowest BCUT2D eigenvalue weighted by Gasteiger charge is -2.01. The molecule has 0 atom stereocenters. The zero-order chi connectivity index (χ0) is 13.8. The van der Waals surface area contributed by atoms with Crippen molar-refractivity contribution in [1.82, 2.24) is 15.1 Å². The molecule has 2 heterocycles. The second-order valence-electron chi connectivity index (χ2n) is 4.09. The number of hydrogen-bond donors (Lipinski definition) is 1. The Balaban J connectivity index is 1.69. The van der Waals surface area contributed by atoms with Crippen molar-refractivity contribution in [2.24, 2.45) is 0 Å². The van der Waals surface area contributed by atoms with Crippen LogP contribution in [0, 0.1) is 0 Å². The van der Waals surface area contributed by atoms with Gasteiger partial charge in [0.1, 0.15) is 11.4 Å². The maximum absolute atomic E-state index is 5.57. The Bertz CT molecular complexity index is 680. The molecule has 0 saturated heterocycles. The first-order chi connectivity index (χ1) is 9.81. The van der Waals surface area contributed by atoms with Gasteiger partial charge in [0, 0.05) is 0 Å². The quantitative estimate of drug-likeness (QED) is 0.781. The summed E-state index contributed by atoms with van der Waals surface area (Å²) >= 11 is 0. The fourth-order valence-corrected chi connectivity index (χ4v) is 1.61. The zero-order valence-corrected chi connectivity index (χ0v) is 10.6. The number of ether oxygens (including phenoxy) is 1. The first-order valence-electron chi connectivity index (χ1n) is 6.03. The minimum atomic E-state index is 0.239. The third-order valence-corrected chi connectivity index (χ3v) is 2.58. The van der Waals surface area contributed by atoms with Gasteiger partial charge < -0.3 is 15.0 Å². The number of nitrogens with zero attached hydrogens (tertiary/aromatic N) is 3. The molecule has 0 bridgehead atoms. The normalized spacial score (nSPS) is 10.4. The minimum Gasteiger partial charge on any atom is -0.485 e. The molecule has 6 heteroatoms. The second kappa shape index (κ2) is 5.40. The van der Waals surface area contributed by atoms with E-state index in [1.54, 1.807) is 18.3 Å². The highest BCUT2D eigenvalue weighted by Gasteiger charge is 2.10. The summed E-state index contributed by atoms with van der Waals surface area (Å²) in [6.45, 7) is 0.239. The summed E-state index contributed by atoms with van der Waals surface area (Å²) in [6, 6.07) is 12.9. The average Bonchev–Trinajstić information content (AvgIpc) is 2.96. The van der Waals surface area contributed by atoms with E-state index in [0.29, 0.717) is 23.1 Å². The summed E-state index contributed by atoms with van der Waals surface area (Å²) in [4.78, 5) is 8.34. The first-order valence-corrected chi connectivity index (χ1v) is 6.03. The Morgan fingerprint density at radius 3 is 2.70 bits per heavy atom. The van der Waals surface area contributed by atoms with Gasteiger partial charge in [-0.3, -0.25) is 0 Å². The highest BCUT2D eigenvalue weighted by Crippen LogP contribution is 2.16. The van der Waals surface area contributed by atoms with Crippen molar-refractivity contribution >= 4 is 5.69 Å². The fourth-order valence-electron chi connectivity index (χ4n) is 1.61. The second-order valence-corrected chi connectivity index (χ2v) is 4.09. The van der Waals surface area contributed by atoms with Crippen LogP contribution in [0.3, 0.4) is 0 Å². The lowest BCUT2D eigenvalue weighted by Crippen LogP contribution is -1.97. The van der Waals surface area contributed by atoms with Gasteiger partial charge in [-0.2, -0.15) is 4.98 Å². The van der Waals surface area contributed by atoms with E-state index in [-0.39, 0.29) is 6.61 Å². The van der Waals surface area contributed by atoms with Gasteiger partial charge in [-0.1, -0.05) is 23.4 Å². The molecule has 3 aromatic rings. The Hall–Kier alpha value is -2.89. The first kappa shape index (κ1) is 12.2. The summed E-state index contributed by atoms with van der Waals surface area (Å²) in [6.07, 6.45) is 1.54. The molecule has 0 amide bonds. The highest BCUT2D eigenvalue weighted by molar-refractivity contribution is 5.50. The number of nitrogens with two attached hydrogens (primary N) is 1. The number of hydrogen-bond acceptors (Lipinski definition) is 6. The van der Waals surface area contributed by atoms with Gasteiger partial charge >= 0.3 is 0 Å². The molecule has 0 aliphatic carbocycles. The van der Waals surface area contributed by atoms with E-state index < -0.39 is 0 Å². The number of nitrogen functional groups attached to an aromatic ring is 1. The number of anilines is 1. The monoisotopic (exact) mass is 268 g/mol. The van der Waals surface area contributed by atoms with Gasteiger partial charge in [-0.05, 0) is 24.3 Å². The van der Waals surface area contributed by atoms with E-state index in [1.165, 1.54) is 0 Å². The van der Waals surface area contributed by atoms with Gasteiger partial charge in [0.15, 0.2) is 6.61 Å². The summed E-state index contributed by atoms with van der Waals surface area (Å²) < 4.78 is 10.7. The van der Waals surface area contributed by atoms with Crippen LogP contribution < -0.4 is 10.5 Å². The van der Waals surface area contributed by atoms with Gasteiger partial charge in [0.25, 0.3) is 5.89 Å². The fraction of sp³-hybridized carbons (Fsp3) is 0.0714. The molecule has 0 aliphatic rings. The lowest BCUT2D eigenvalue weighted by atomic mass is 10.3. The Morgan fingerprint density at radius 2 is 1.95 bits per heavy atom. The molecule has 0 unspecified atom stereocenters. The Labute approximate surface area is 115 Å². The summed E-state index contributed by atoms with van der Waals surface area (Å²) in [7, 11) is 0. The van der Waals surface area contributed by atoms with Gasteiger partial charge in [-0.15, -0.1) is 0 Å². The van der Waals surface area contributed by atoms with E-state index in [2.05, 4.69) is 15.1 Å². The molecule has 0 fully saturated rings. The molecular formula is C14H12N4O2. The van der Waals surface area contributed by atoms with Gasteiger partial charge in [-0.25, -0.2) is 4.98 Å². The van der Waals surface area contributed by atoms with Crippen LogP contribution >= 0.6 is 0 Å². The smallest absolute Gasteiger partial charge is 0.276 e. The Morgan fingerprint density at radius 1 is 1.10 bits per heavy atom. The van der Waals surface area contributed by atoms with Crippen molar-refractivity contribution in [3.05, 3.63) is 54.5 Å². The van der Waals surface area contributed by atoms with E-state index in [9.17, 15) is 0 Å². The third kappa shape index (κ3) is 2.74. The summed E-state index contributed by atoms with van der Waals surface area (Å²) in [5.74, 6) is 1.56. The minimum absolute atomic E-state index is 0.239. The maximum atomic E-state index is 5.57. The molecule has 0 radical (unpaired) electrons. The van der Waals surface area contributed by atoms with Crippen molar-refractivity contribution in [3.63, 3.8) is 0 Å². The molecule has 6 nitrogen and oxygen atoms in total. The standard InChI is InChI=1S/C14H12N4O2/c15-10-6-7-12(16-8-10)14-17-13(18-20-14)9-19-11-4-2-1-3-5-11/h1-8H,9,15H2. The van der Waals surface area contributed by atoms with Crippen LogP contribution in [0.2, 0.25) is 0 Å². The molecule has 100 valence electrons.